The van der Waals surface area contributed by atoms with Gasteiger partial charge in [-0.2, -0.15) is 0 Å². The van der Waals surface area contributed by atoms with Gasteiger partial charge < -0.3 is 5.73 Å². The zero-order chi connectivity index (χ0) is 13.3. The van der Waals surface area contributed by atoms with Crippen LogP contribution in [0.5, 0.6) is 0 Å². The molecule has 0 fully saturated rings. The van der Waals surface area contributed by atoms with E-state index in [0.717, 1.165) is 16.8 Å². The highest BCUT2D eigenvalue weighted by Crippen LogP contribution is 2.23. The van der Waals surface area contributed by atoms with Gasteiger partial charge in [0, 0.05) is 18.0 Å². The zero-order valence-electron chi connectivity index (χ0n) is 10.2. The van der Waals surface area contributed by atoms with Gasteiger partial charge >= 0.3 is 0 Å². The minimum atomic E-state index is -3.16. The summed E-state index contributed by atoms with van der Waals surface area (Å²) in [6.45, 7) is 1.84. The quantitative estimate of drug-likeness (QED) is 0.899. The van der Waals surface area contributed by atoms with E-state index in [1.54, 1.807) is 30.5 Å². The van der Waals surface area contributed by atoms with Crippen LogP contribution in [0, 0.1) is 6.92 Å². The number of hydrogen-bond donors (Lipinski definition) is 1. The van der Waals surface area contributed by atoms with Crippen molar-refractivity contribution in [3.63, 3.8) is 0 Å². The molecule has 5 heteroatoms. The van der Waals surface area contributed by atoms with Crippen LogP contribution in [0.2, 0.25) is 0 Å². The molecule has 0 spiro atoms. The second kappa shape index (κ2) is 4.42. The van der Waals surface area contributed by atoms with Crippen molar-refractivity contribution in [2.75, 3.05) is 12.0 Å². The van der Waals surface area contributed by atoms with Crippen LogP contribution in [0.4, 0.5) is 5.69 Å². The summed E-state index contributed by atoms with van der Waals surface area (Å²) in [5.74, 6) is 0. The largest absolute Gasteiger partial charge is 0.397 e. The third-order valence-electron chi connectivity index (χ3n) is 2.74. The van der Waals surface area contributed by atoms with E-state index in [4.69, 9.17) is 5.73 Å². The zero-order valence-corrected chi connectivity index (χ0v) is 11.0. The number of aromatic nitrogens is 1. The molecule has 1 heterocycles. The standard InChI is InChI=1S/C13H14N2O2S/c1-9-13(14)7-11(8-15-9)10-3-5-12(6-4-10)18(2,16)17/h3-8H,14H2,1-2H3. The van der Waals surface area contributed by atoms with Crippen LogP contribution in [0.3, 0.4) is 0 Å². The van der Waals surface area contributed by atoms with E-state index in [-0.39, 0.29) is 0 Å². The lowest BCUT2D eigenvalue weighted by Crippen LogP contribution is -1.97. The molecule has 18 heavy (non-hydrogen) atoms. The van der Waals surface area contributed by atoms with Crippen molar-refractivity contribution in [1.29, 1.82) is 0 Å². The summed E-state index contributed by atoms with van der Waals surface area (Å²) in [5.41, 5.74) is 8.97. The molecule has 0 aliphatic heterocycles. The van der Waals surface area contributed by atoms with Crippen molar-refractivity contribution in [2.24, 2.45) is 0 Å². The number of pyridine rings is 1. The Morgan fingerprint density at radius 2 is 1.72 bits per heavy atom. The smallest absolute Gasteiger partial charge is 0.175 e. The third-order valence-corrected chi connectivity index (χ3v) is 3.87. The summed E-state index contributed by atoms with van der Waals surface area (Å²) < 4.78 is 22.7. The molecule has 0 radical (unpaired) electrons. The van der Waals surface area contributed by atoms with E-state index >= 15 is 0 Å². The van der Waals surface area contributed by atoms with Gasteiger partial charge in [-0.1, -0.05) is 12.1 Å². The average Bonchev–Trinajstić information content (AvgIpc) is 2.32. The minimum absolute atomic E-state index is 0.305. The maximum atomic E-state index is 11.3. The topological polar surface area (TPSA) is 73.0 Å². The maximum Gasteiger partial charge on any atom is 0.175 e. The molecule has 0 saturated heterocycles. The summed E-state index contributed by atoms with van der Waals surface area (Å²) in [6, 6.07) is 8.50. The fourth-order valence-corrected chi connectivity index (χ4v) is 2.23. The highest BCUT2D eigenvalue weighted by atomic mass is 32.2. The molecule has 2 aromatic rings. The second-order valence-electron chi connectivity index (χ2n) is 4.20. The SMILES string of the molecule is Cc1ncc(-c2ccc(S(C)(=O)=O)cc2)cc1N. The van der Waals surface area contributed by atoms with Gasteiger partial charge in [0.15, 0.2) is 9.84 Å². The number of rotatable bonds is 2. The Hall–Kier alpha value is -1.88. The van der Waals surface area contributed by atoms with Crippen LogP contribution in [-0.4, -0.2) is 19.7 Å². The number of nitrogens with zero attached hydrogens (tertiary/aromatic N) is 1. The Morgan fingerprint density at radius 3 is 2.22 bits per heavy atom. The predicted octanol–water partition coefficient (Wildman–Crippen LogP) is 2.04. The average molecular weight is 262 g/mol. The number of nitrogen functional groups attached to an aromatic ring is 1. The van der Waals surface area contributed by atoms with Gasteiger partial charge in [-0.25, -0.2) is 8.42 Å². The van der Waals surface area contributed by atoms with E-state index in [1.165, 1.54) is 6.26 Å². The van der Waals surface area contributed by atoms with Gasteiger partial charge in [0.2, 0.25) is 0 Å². The lowest BCUT2D eigenvalue weighted by atomic mass is 10.1. The van der Waals surface area contributed by atoms with Gasteiger partial charge in [-0.05, 0) is 30.7 Å². The van der Waals surface area contributed by atoms with E-state index in [1.807, 2.05) is 13.0 Å². The molecule has 1 aromatic heterocycles. The summed E-state index contributed by atoms with van der Waals surface area (Å²) in [4.78, 5) is 4.49. The van der Waals surface area contributed by atoms with E-state index < -0.39 is 9.84 Å². The second-order valence-corrected chi connectivity index (χ2v) is 6.21. The van der Waals surface area contributed by atoms with Crippen LogP contribution < -0.4 is 5.73 Å². The van der Waals surface area contributed by atoms with Crippen molar-refractivity contribution in [2.45, 2.75) is 11.8 Å². The van der Waals surface area contributed by atoms with Crippen molar-refractivity contribution < 1.29 is 8.42 Å². The number of hydrogen-bond acceptors (Lipinski definition) is 4. The van der Waals surface area contributed by atoms with E-state index in [0.29, 0.717) is 10.6 Å². The summed E-state index contributed by atoms with van der Waals surface area (Å²) >= 11 is 0. The molecule has 0 bridgehead atoms. The van der Waals surface area contributed by atoms with Crippen LogP contribution in [-0.2, 0) is 9.84 Å². The van der Waals surface area contributed by atoms with Crippen molar-refractivity contribution in [3.8, 4) is 11.1 Å². The fraction of sp³-hybridized carbons (Fsp3) is 0.154. The Balaban J connectivity index is 2.43. The number of benzene rings is 1. The molecule has 0 aliphatic rings. The molecule has 0 atom stereocenters. The molecule has 2 rings (SSSR count). The lowest BCUT2D eigenvalue weighted by molar-refractivity contribution is 0.602. The number of sulfone groups is 1. The molecular formula is C13H14N2O2S. The van der Waals surface area contributed by atoms with E-state index in [9.17, 15) is 8.42 Å². The van der Waals surface area contributed by atoms with Gasteiger partial charge in [-0.3, -0.25) is 4.98 Å². The van der Waals surface area contributed by atoms with Gasteiger partial charge in [-0.15, -0.1) is 0 Å². The van der Waals surface area contributed by atoms with Gasteiger partial charge in [0.1, 0.15) is 0 Å². The third kappa shape index (κ3) is 2.51. The molecule has 0 amide bonds. The van der Waals surface area contributed by atoms with Crippen molar-refractivity contribution in [3.05, 3.63) is 42.2 Å². The highest BCUT2D eigenvalue weighted by molar-refractivity contribution is 7.90. The molecule has 0 aliphatic carbocycles. The Bertz CT molecular complexity index is 677. The van der Waals surface area contributed by atoms with Crippen molar-refractivity contribution >= 4 is 15.5 Å². The van der Waals surface area contributed by atoms with Crippen LogP contribution >= 0.6 is 0 Å². The molecule has 0 saturated carbocycles. The molecule has 0 unspecified atom stereocenters. The van der Waals surface area contributed by atoms with E-state index in [2.05, 4.69) is 4.98 Å². The number of aryl methyl sites for hydroxylation is 1. The summed E-state index contributed by atoms with van der Waals surface area (Å²) in [5, 5.41) is 0. The first-order valence-corrected chi connectivity index (χ1v) is 7.29. The molecular weight excluding hydrogens is 248 g/mol. The Kier molecular flexibility index (Phi) is 3.09. The van der Waals surface area contributed by atoms with Crippen LogP contribution in [0.25, 0.3) is 11.1 Å². The first kappa shape index (κ1) is 12.6. The Labute approximate surface area is 106 Å². The summed E-state index contributed by atoms with van der Waals surface area (Å²) in [6.07, 6.45) is 2.91. The van der Waals surface area contributed by atoms with Crippen molar-refractivity contribution in [1.82, 2.24) is 4.98 Å². The first-order chi connectivity index (χ1) is 8.38. The van der Waals surface area contributed by atoms with Gasteiger partial charge in [0.05, 0.1) is 16.3 Å². The molecule has 1 aromatic carbocycles. The summed E-state index contributed by atoms with van der Waals surface area (Å²) in [7, 11) is -3.16. The molecule has 2 N–H and O–H groups in total. The van der Waals surface area contributed by atoms with Crippen LogP contribution in [0.15, 0.2) is 41.4 Å². The van der Waals surface area contributed by atoms with Crippen LogP contribution in [0.1, 0.15) is 5.69 Å². The molecule has 4 nitrogen and oxygen atoms in total. The first-order valence-electron chi connectivity index (χ1n) is 5.40. The maximum absolute atomic E-state index is 11.3. The number of anilines is 1. The minimum Gasteiger partial charge on any atom is -0.397 e. The monoisotopic (exact) mass is 262 g/mol. The predicted molar refractivity (Wildman–Crippen MR) is 71.9 cm³/mol. The lowest BCUT2D eigenvalue weighted by Gasteiger charge is -2.05. The number of nitrogens with two attached hydrogens (primary N) is 1. The molecule has 94 valence electrons. The fourth-order valence-electron chi connectivity index (χ4n) is 1.60. The highest BCUT2D eigenvalue weighted by Gasteiger charge is 2.07. The normalized spacial score (nSPS) is 11.4. The van der Waals surface area contributed by atoms with Gasteiger partial charge in [0.25, 0.3) is 0 Å². The Morgan fingerprint density at radius 1 is 1.11 bits per heavy atom.